The molecule has 4 amide bonds. The smallest absolute Gasteiger partial charge is 0.242 e. The summed E-state index contributed by atoms with van der Waals surface area (Å²) in [7, 11) is 0. The van der Waals surface area contributed by atoms with E-state index in [4.69, 9.17) is 11.6 Å². The Hall–Kier alpha value is -2.74. The van der Waals surface area contributed by atoms with Gasteiger partial charge in [0.15, 0.2) is 0 Å². The number of hydrogen-bond acceptors (Lipinski definition) is 5. The topological polar surface area (TPSA) is 99.7 Å². The van der Waals surface area contributed by atoms with Crippen molar-refractivity contribution in [3.8, 4) is 0 Å². The van der Waals surface area contributed by atoms with E-state index < -0.39 is 0 Å². The van der Waals surface area contributed by atoms with Crippen LogP contribution in [0.15, 0.2) is 30.5 Å². The van der Waals surface area contributed by atoms with Gasteiger partial charge in [0.05, 0.1) is 22.8 Å². The van der Waals surface area contributed by atoms with Gasteiger partial charge in [-0.1, -0.05) is 23.8 Å². The van der Waals surface area contributed by atoms with Gasteiger partial charge in [-0.15, -0.1) is 0 Å². The maximum Gasteiger partial charge on any atom is 0.242 e. The molecule has 1 aliphatic carbocycles. The van der Waals surface area contributed by atoms with Crippen molar-refractivity contribution in [2.24, 2.45) is 17.8 Å². The molecule has 3 heterocycles. The van der Waals surface area contributed by atoms with Crippen LogP contribution in [0.5, 0.6) is 0 Å². The first-order chi connectivity index (χ1) is 14.4. The lowest BCUT2D eigenvalue weighted by atomic mass is 9.85. The third kappa shape index (κ3) is 4.09. The second kappa shape index (κ2) is 8.55. The summed E-state index contributed by atoms with van der Waals surface area (Å²) in [5, 5.41) is 3.22. The van der Waals surface area contributed by atoms with Crippen molar-refractivity contribution in [1.29, 1.82) is 0 Å². The maximum atomic E-state index is 12.8. The molecule has 0 aromatic carbocycles. The lowest BCUT2D eigenvalue weighted by Crippen LogP contribution is -2.48. The second-order valence-electron chi connectivity index (χ2n) is 7.95. The predicted molar refractivity (Wildman–Crippen MR) is 109 cm³/mol. The zero-order chi connectivity index (χ0) is 21.3. The van der Waals surface area contributed by atoms with Crippen molar-refractivity contribution in [2.75, 3.05) is 25.0 Å². The fourth-order valence-electron chi connectivity index (χ4n) is 4.36. The molecule has 2 saturated heterocycles. The normalized spacial score (nSPS) is 26.0. The van der Waals surface area contributed by atoms with E-state index in [0.717, 1.165) is 4.90 Å². The van der Waals surface area contributed by atoms with Crippen LogP contribution in [0, 0.1) is 17.8 Å². The summed E-state index contributed by atoms with van der Waals surface area (Å²) in [6, 6.07) is 3.25. The van der Waals surface area contributed by atoms with Gasteiger partial charge in [0, 0.05) is 19.3 Å². The molecule has 30 heavy (non-hydrogen) atoms. The number of nitrogens with zero attached hydrogens (tertiary/aromatic N) is 3. The number of carbonyl (C=O) groups is 4. The summed E-state index contributed by atoms with van der Waals surface area (Å²) in [6.07, 6.45) is 7.71. The quantitative estimate of drug-likeness (QED) is 0.580. The van der Waals surface area contributed by atoms with Gasteiger partial charge in [-0.3, -0.25) is 24.1 Å². The summed E-state index contributed by atoms with van der Waals surface area (Å²) < 4.78 is 0. The molecule has 0 unspecified atom stereocenters. The van der Waals surface area contributed by atoms with E-state index >= 15 is 0 Å². The molecule has 0 saturated carbocycles. The van der Waals surface area contributed by atoms with E-state index in [9.17, 15) is 19.2 Å². The Morgan fingerprint density at radius 3 is 2.47 bits per heavy atom. The molecular weight excluding hydrogens is 408 g/mol. The Kier molecular flexibility index (Phi) is 5.85. The Morgan fingerprint density at radius 1 is 1.13 bits per heavy atom. The number of anilines is 1. The average Bonchev–Trinajstić information content (AvgIpc) is 3.00. The number of rotatable bonds is 4. The zero-order valence-electron chi connectivity index (χ0n) is 16.4. The van der Waals surface area contributed by atoms with Crippen molar-refractivity contribution in [1.82, 2.24) is 14.8 Å². The van der Waals surface area contributed by atoms with Gasteiger partial charge in [0.2, 0.25) is 23.6 Å². The van der Waals surface area contributed by atoms with Gasteiger partial charge >= 0.3 is 0 Å². The summed E-state index contributed by atoms with van der Waals surface area (Å²) in [4.78, 5) is 57.3. The number of pyridine rings is 1. The maximum absolute atomic E-state index is 12.8. The number of aromatic nitrogens is 1. The first-order valence-corrected chi connectivity index (χ1v) is 10.5. The SMILES string of the molecule is O=C(Nc1ccc(Cl)cn1)[C@@H]1CCCN(C(=O)CN2C(=O)[C@@H]3CC=CC[C@H]3C2=O)C1. The highest BCUT2D eigenvalue weighted by atomic mass is 35.5. The van der Waals surface area contributed by atoms with Gasteiger partial charge in [-0.25, -0.2) is 4.98 Å². The van der Waals surface area contributed by atoms with E-state index in [0.29, 0.717) is 43.1 Å². The molecule has 2 aliphatic heterocycles. The Bertz CT molecular complexity index is 875. The Balaban J connectivity index is 1.35. The van der Waals surface area contributed by atoms with Crippen molar-refractivity contribution in [3.05, 3.63) is 35.5 Å². The van der Waals surface area contributed by atoms with E-state index in [2.05, 4.69) is 10.3 Å². The second-order valence-corrected chi connectivity index (χ2v) is 8.38. The van der Waals surface area contributed by atoms with E-state index in [1.54, 1.807) is 17.0 Å². The van der Waals surface area contributed by atoms with Crippen LogP contribution in [0.3, 0.4) is 0 Å². The average molecular weight is 431 g/mol. The molecule has 1 N–H and O–H groups in total. The molecule has 3 atom stereocenters. The summed E-state index contributed by atoms with van der Waals surface area (Å²) in [6.45, 7) is 0.507. The molecule has 158 valence electrons. The number of amides is 4. The Labute approximate surface area is 179 Å². The lowest BCUT2D eigenvalue weighted by Gasteiger charge is -2.32. The van der Waals surface area contributed by atoms with Crippen LogP contribution in [0.1, 0.15) is 25.7 Å². The molecule has 9 heteroatoms. The molecule has 0 bridgehead atoms. The van der Waals surface area contributed by atoms with Crippen molar-refractivity contribution in [2.45, 2.75) is 25.7 Å². The van der Waals surface area contributed by atoms with Gasteiger partial charge < -0.3 is 10.2 Å². The number of hydrogen-bond donors (Lipinski definition) is 1. The molecule has 0 spiro atoms. The standard InChI is InChI=1S/C21H23ClN4O4/c22-14-7-8-17(23-10-14)24-19(28)13-4-3-9-25(11-13)18(27)12-26-20(29)15-5-1-2-6-16(15)21(26)30/h1-2,7-8,10,13,15-16H,3-6,9,11-12H2,(H,23,24,28)/t13-,15-,16-/m1/s1. The first-order valence-electron chi connectivity index (χ1n) is 10.1. The van der Waals surface area contributed by atoms with E-state index in [1.165, 1.54) is 6.20 Å². The molecule has 8 nitrogen and oxygen atoms in total. The first kappa shape index (κ1) is 20.5. The highest BCUT2D eigenvalue weighted by Crippen LogP contribution is 2.35. The molecule has 2 fully saturated rings. The number of piperidine rings is 1. The van der Waals surface area contributed by atoms with Crippen LogP contribution in [-0.2, 0) is 19.2 Å². The van der Waals surface area contributed by atoms with E-state index in [-0.39, 0.29) is 54.5 Å². The molecule has 0 radical (unpaired) electrons. The van der Waals surface area contributed by atoms with Gasteiger partial charge in [0.25, 0.3) is 0 Å². The minimum atomic E-state index is -0.378. The van der Waals surface area contributed by atoms with Crippen LogP contribution < -0.4 is 5.32 Å². The summed E-state index contributed by atoms with van der Waals surface area (Å²) >= 11 is 5.81. The van der Waals surface area contributed by atoms with Crippen LogP contribution in [-0.4, -0.2) is 58.0 Å². The molecular formula is C21H23ClN4O4. The number of imide groups is 1. The fourth-order valence-corrected chi connectivity index (χ4v) is 4.47. The number of nitrogens with one attached hydrogen (secondary N) is 1. The monoisotopic (exact) mass is 430 g/mol. The number of carbonyl (C=O) groups excluding carboxylic acids is 4. The minimum Gasteiger partial charge on any atom is -0.340 e. The third-order valence-electron chi connectivity index (χ3n) is 6.02. The van der Waals surface area contributed by atoms with Crippen molar-refractivity contribution < 1.29 is 19.2 Å². The fraction of sp³-hybridized carbons (Fsp3) is 0.476. The summed E-state index contributed by atoms with van der Waals surface area (Å²) in [5.74, 6) is -1.71. The van der Waals surface area contributed by atoms with Crippen LogP contribution in [0.2, 0.25) is 5.02 Å². The minimum absolute atomic E-state index is 0.215. The number of fused-ring (bicyclic) bond motifs is 1. The molecule has 1 aromatic heterocycles. The highest BCUT2D eigenvalue weighted by molar-refractivity contribution is 6.30. The van der Waals surface area contributed by atoms with Crippen LogP contribution >= 0.6 is 11.6 Å². The number of allylic oxidation sites excluding steroid dienone is 2. The largest absolute Gasteiger partial charge is 0.340 e. The molecule has 4 rings (SSSR count). The molecule has 1 aromatic rings. The van der Waals surface area contributed by atoms with Crippen LogP contribution in [0.25, 0.3) is 0 Å². The number of halogens is 1. The van der Waals surface area contributed by atoms with Crippen molar-refractivity contribution >= 4 is 41.0 Å². The van der Waals surface area contributed by atoms with Gasteiger partial charge in [0.1, 0.15) is 12.4 Å². The van der Waals surface area contributed by atoms with Crippen LogP contribution in [0.4, 0.5) is 5.82 Å². The number of likely N-dealkylation sites (tertiary alicyclic amines) is 2. The Morgan fingerprint density at radius 2 is 1.83 bits per heavy atom. The predicted octanol–water partition coefficient (Wildman–Crippen LogP) is 1.86. The van der Waals surface area contributed by atoms with Gasteiger partial charge in [-0.05, 0) is 37.8 Å². The summed E-state index contributed by atoms with van der Waals surface area (Å²) in [5.41, 5.74) is 0. The lowest BCUT2D eigenvalue weighted by molar-refractivity contribution is -0.147. The third-order valence-corrected chi connectivity index (χ3v) is 6.24. The molecule has 3 aliphatic rings. The van der Waals surface area contributed by atoms with Gasteiger partial charge in [-0.2, -0.15) is 0 Å². The zero-order valence-corrected chi connectivity index (χ0v) is 17.2. The van der Waals surface area contributed by atoms with E-state index in [1.807, 2.05) is 12.2 Å². The van der Waals surface area contributed by atoms with Crippen molar-refractivity contribution in [3.63, 3.8) is 0 Å². The highest BCUT2D eigenvalue weighted by Gasteiger charge is 2.48.